The Morgan fingerprint density at radius 2 is 2.07 bits per heavy atom. The first-order chi connectivity index (χ1) is 6.83. The van der Waals surface area contributed by atoms with E-state index in [1.54, 1.807) is 7.11 Å². The number of aryl methyl sites for hydroxylation is 1. The predicted octanol–water partition coefficient (Wildman–Crippen LogP) is 2.60. The van der Waals surface area contributed by atoms with E-state index in [1.807, 2.05) is 0 Å². The van der Waals surface area contributed by atoms with Crippen molar-refractivity contribution in [3.63, 3.8) is 0 Å². The number of methoxy groups -OCH3 is 1. The summed E-state index contributed by atoms with van der Waals surface area (Å²) in [6.07, 6.45) is 0. The molecule has 0 bridgehead atoms. The zero-order valence-electron chi connectivity index (χ0n) is 8.66. The van der Waals surface area contributed by atoms with Crippen molar-refractivity contribution < 1.29 is 4.74 Å². The molecular weight excluding hydrogens is 174 g/mol. The maximum Gasteiger partial charge on any atom is 0.0642 e. The molecule has 0 unspecified atom stereocenters. The molecule has 0 fully saturated rings. The summed E-state index contributed by atoms with van der Waals surface area (Å²) in [5.74, 6) is 0. The molecule has 0 N–H and O–H groups in total. The highest BCUT2D eigenvalue weighted by atomic mass is 16.5. The van der Waals surface area contributed by atoms with Gasteiger partial charge in [0.25, 0.3) is 0 Å². The highest BCUT2D eigenvalue weighted by Gasteiger charge is 2.03. The van der Waals surface area contributed by atoms with E-state index in [4.69, 9.17) is 4.74 Å². The lowest BCUT2D eigenvalue weighted by molar-refractivity contribution is 0.188. The first-order valence-corrected chi connectivity index (χ1v) is 4.87. The molecule has 74 valence electrons. The van der Waals surface area contributed by atoms with Crippen molar-refractivity contribution in [2.75, 3.05) is 13.7 Å². The standard InChI is InChI=1S/C12H15NO/c1-10-9-11-5-3-4-6-12(11)13(10)7-8-14-2/h3-6,9H,7-8H2,1-2H3. The topological polar surface area (TPSA) is 14.2 Å². The van der Waals surface area contributed by atoms with E-state index in [2.05, 4.69) is 41.8 Å². The van der Waals surface area contributed by atoms with E-state index >= 15 is 0 Å². The molecule has 2 rings (SSSR count). The lowest BCUT2D eigenvalue weighted by Crippen LogP contribution is -2.05. The van der Waals surface area contributed by atoms with E-state index in [1.165, 1.54) is 16.6 Å². The van der Waals surface area contributed by atoms with Crippen molar-refractivity contribution >= 4 is 10.9 Å². The van der Waals surface area contributed by atoms with Gasteiger partial charge in [-0.15, -0.1) is 0 Å². The number of hydrogen-bond acceptors (Lipinski definition) is 1. The van der Waals surface area contributed by atoms with Crippen LogP contribution in [0.1, 0.15) is 5.69 Å². The molecular formula is C12H15NO. The minimum Gasteiger partial charge on any atom is -0.383 e. The van der Waals surface area contributed by atoms with Crippen LogP contribution >= 0.6 is 0 Å². The number of benzene rings is 1. The van der Waals surface area contributed by atoms with E-state index in [-0.39, 0.29) is 0 Å². The molecule has 0 aliphatic carbocycles. The van der Waals surface area contributed by atoms with Gasteiger partial charge in [0.05, 0.1) is 6.61 Å². The monoisotopic (exact) mass is 189 g/mol. The Hall–Kier alpha value is -1.28. The second kappa shape index (κ2) is 3.84. The van der Waals surface area contributed by atoms with Crippen molar-refractivity contribution in [1.29, 1.82) is 0 Å². The second-order valence-electron chi connectivity index (χ2n) is 3.49. The van der Waals surface area contributed by atoms with Gasteiger partial charge >= 0.3 is 0 Å². The molecule has 0 aliphatic rings. The van der Waals surface area contributed by atoms with E-state index < -0.39 is 0 Å². The van der Waals surface area contributed by atoms with Gasteiger partial charge in [0.15, 0.2) is 0 Å². The number of fused-ring (bicyclic) bond motifs is 1. The Bertz CT molecular complexity index is 431. The van der Waals surface area contributed by atoms with Crippen LogP contribution < -0.4 is 0 Å². The largest absolute Gasteiger partial charge is 0.383 e. The van der Waals surface area contributed by atoms with Crippen molar-refractivity contribution in [3.05, 3.63) is 36.0 Å². The van der Waals surface area contributed by atoms with Gasteiger partial charge in [0.2, 0.25) is 0 Å². The summed E-state index contributed by atoms with van der Waals surface area (Å²) in [6, 6.07) is 10.7. The second-order valence-corrected chi connectivity index (χ2v) is 3.49. The molecule has 1 aromatic carbocycles. The fraction of sp³-hybridized carbons (Fsp3) is 0.333. The minimum atomic E-state index is 0.763. The van der Waals surface area contributed by atoms with E-state index in [0.29, 0.717) is 0 Å². The lowest BCUT2D eigenvalue weighted by atomic mass is 10.2. The normalized spacial score (nSPS) is 11.0. The molecule has 14 heavy (non-hydrogen) atoms. The SMILES string of the molecule is COCCn1c(C)cc2ccccc21. The summed E-state index contributed by atoms with van der Waals surface area (Å²) in [5.41, 5.74) is 2.59. The Balaban J connectivity index is 2.45. The molecule has 2 nitrogen and oxygen atoms in total. The van der Waals surface area contributed by atoms with Gasteiger partial charge in [0.1, 0.15) is 0 Å². The van der Waals surface area contributed by atoms with Crippen molar-refractivity contribution in [2.45, 2.75) is 13.5 Å². The Morgan fingerprint density at radius 3 is 2.86 bits per heavy atom. The smallest absolute Gasteiger partial charge is 0.0642 e. The Morgan fingerprint density at radius 1 is 1.29 bits per heavy atom. The number of hydrogen-bond donors (Lipinski definition) is 0. The summed E-state index contributed by atoms with van der Waals surface area (Å²) in [4.78, 5) is 0. The number of rotatable bonds is 3. The molecule has 0 amide bonds. The van der Waals surface area contributed by atoms with Crippen molar-refractivity contribution in [3.8, 4) is 0 Å². The Kier molecular flexibility index (Phi) is 2.55. The number of nitrogens with zero attached hydrogens (tertiary/aromatic N) is 1. The van der Waals surface area contributed by atoms with Gasteiger partial charge in [0, 0.05) is 24.9 Å². The lowest BCUT2D eigenvalue weighted by Gasteiger charge is -2.06. The molecule has 0 atom stereocenters. The fourth-order valence-electron chi connectivity index (χ4n) is 1.83. The summed E-state index contributed by atoms with van der Waals surface area (Å²) in [7, 11) is 1.74. The van der Waals surface area contributed by atoms with Crippen LogP contribution in [0.3, 0.4) is 0 Å². The number of para-hydroxylation sites is 1. The maximum absolute atomic E-state index is 5.10. The van der Waals surface area contributed by atoms with Gasteiger partial charge in [-0.25, -0.2) is 0 Å². The van der Waals surface area contributed by atoms with Crippen LogP contribution in [0, 0.1) is 6.92 Å². The van der Waals surface area contributed by atoms with Crippen molar-refractivity contribution in [1.82, 2.24) is 4.57 Å². The van der Waals surface area contributed by atoms with E-state index in [9.17, 15) is 0 Å². The van der Waals surface area contributed by atoms with Gasteiger partial charge in [-0.3, -0.25) is 0 Å². The zero-order valence-corrected chi connectivity index (χ0v) is 8.66. The third-order valence-corrected chi connectivity index (χ3v) is 2.54. The van der Waals surface area contributed by atoms with Crippen LogP contribution in [0.5, 0.6) is 0 Å². The van der Waals surface area contributed by atoms with Gasteiger partial charge in [-0.1, -0.05) is 18.2 Å². The summed E-state index contributed by atoms with van der Waals surface area (Å²) >= 11 is 0. The predicted molar refractivity (Wildman–Crippen MR) is 58.6 cm³/mol. The van der Waals surface area contributed by atoms with Crippen LogP contribution in [0.2, 0.25) is 0 Å². The zero-order chi connectivity index (χ0) is 9.97. The van der Waals surface area contributed by atoms with Gasteiger partial charge < -0.3 is 9.30 Å². The fourth-order valence-corrected chi connectivity index (χ4v) is 1.83. The quantitative estimate of drug-likeness (QED) is 0.724. The van der Waals surface area contributed by atoms with Gasteiger partial charge in [-0.05, 0) is 24.4 Å². The molecule has 0 aliphatic heterocycles. The van der Waals surface area contributed by atoms with Crippen LogP contribution in [0.15, 0.2) is 30.3 Å². The van der Waals surface area contributed by atoms with Crippen LogP contribution in [0.25, 0.3) is 10.9 Å². The molecule has 2 heteroatoms. The van der Waals surface area contributed by atoms with E-state index in [0.717, 1.165) is 13.2 Å². The van der Waals surface area contributed by atoms with Crippen molar-refractivity contribution in [2.24, 2.45) is 0 Å². The average molecular weight is 189 g/mol. The molecule has 0 spiro atoms. The highest BCUT2D eigenvalue weighted by molar-refractivity contribution is 5.81. The average Bonchev–Trinajstić information content (AvgIpc) is 2.51. The van der Waals surface area contributed by atoms with Crippen LogP contribution in [0.4, 0.5) is 0 Å². The summed E-state index contributed by atoms with van der Waals surface area (Å²) in [5, 5.41) is 1.31. The summed E-state index contributed by atoms with van der Waals surface area (Å²) in [6.45, 7) is 3.82. The minimum absolute atomic E-state index is 0.763. The molecule has 0 saturated heterocycles. The maximum atomic E-state index is 5.10. The number of ether oxygens (including phenoxy) is 1. The third-order valence-electron chi connectivity index (χ3n) is 2.54. The van der Waals surface area contributed by atoms with Crippen LogP contribution in [-0.4, -0.2) is 18.3 Å². The first kappa shape index (κ1) is 9.28. The third kappa shape index (κ3) is 1.53. The summed E-state index contributed by atoms with van der Waals surface area (Å²) < 4.78 is 7.39. The molecule has 0 radical (unpaired) electrons. The highest BCUT2D eigenvalue weighted by Crippen LogP contribution is 2.18. The molecule has 1 heterocycles. The number of aromatic nitrogens is 1. The molecule has 0 saturated carbocycles. The molecule has 1 aromatic heterocycles. The Labute approximate surface area is 84.1 Å². The first-order valence-electron chi connectivity index (χ1n) is 4.87. The molecule has 2 aromatic rings. The van der Waals surface area contributed by atoms with Gasteiger partial charge in [-0.2, -0.15) is 0 Å². The van der Waals surface area contributed by atoms with Crippen LogP contribution in [-0.2, 0) is 11.3 Å².